The molecule has 1 spiro atoms. The molecule has 2 heterocycles. The summed E-state index contributed by atoms with van der Waals surface area (Å²) in [5.41, 5.74) is 4.57. The van der Waals surface area contributed by atoms with Crippen LogP contribution in [0.4, 0.5) is 5.69 Å². The van der Waals surface area contributed by atoms with Gasteiger partial charge in [-0.2, -0.15) is 0 Å². The van der Waals surface area contributed by atoms with Crippen LogP contribution in [-0.4, -0.2) is 66.5 Å². The molecule has 0 amide bonds. The number of carboxylic acid groups (broad SMARTS) is 1. The average molecular weight is 688 g/mol. The fourth-order valence-corrected chi connectivity index (χ4v) is 9.40. The Morgan fingerprint density at radius 1 is 1.16 bits per heavy atom. The lowest BCUT2D eigenvalue weighted by molar-refractivity contribution is -0.144. The normalized spacial score (nSPS) is 27.8. The maximum absolute atomic E-state index is 13.0. The van der Waals surface area contributed by atoms with E-state index < -0.39 is 11.5 Å². The molecule has 49 heavy (non-hydrogen) atoms. The number of nitrogens with zero attached hydrogens (tertiary/aromatic N) is 2. The van der Waals surface area contributed by atoms with Gasteiger partial charge in [-0.3, -0.25) is 4.98 Å². The van der Waals surface area contributed by atoms with Gasteiger partial charge in [-0.1, -0.05) is 31.5 Å². The molecule has 1 saturated carbocycles. The van der Waals surface area contributed by atoms with Crippen LogP contribution in [-0.2, 0) is 23.1 Å². The van der Waals surface area contributed by atoms with Crippen LogP contribution in [0.2, 0.25) is 5.02 Å². The van der Waals surface area contributed by atoms with Crippen LogP contribution in [0, 0.1) is 11.8 Å². The van der Waals surface area contributed by atoms with E-state index >= 15 is 0 Å². The summed E-state index contributed by atoms with van der Waals surface area (Å²) in [4.78, 5) is 19.8. The molecular weight excluding hydrogens is 638 g/mol. The molecule has 0 saturated heterocycles. The minimum Gasteiger partial charge on any atom is -0.493 e. The quantitative estimate of drug-likeness (QED) is 0.222. The zero-order valence-electron chi connectivity index (χ0n) is 29.3. The number of hydrogen-bond acceptors (Lipinski definition) is 7. The molecule has 2 unspecified atom stereocenters. The highest BCUT2D eigenvalue weighted by molar-refractivity contribution is 6.30. The number of aromatic nitrogens is 1. The maximum Gasteiger partial charge on any atom is 0.329 e. The molecule has 4 atom stereocenters. The molecule has 9 heteroatoms. The summed E-state index contributed by atoms with van der Waals surface area (Å²) < 4.78 is 19.4. The number of carboxylic acids is 1. The fraction of sp³-hybridized carbons (Fsp3) is 0.550. The smallest absolute Gasteiger partial charge is 0.329 e. The van der Waals surface area contributed by atoms with E-state index in [-0.39, 0.29) is 11.5 Å². The highest BCUT2D eigenvalue weighted by Crippen LogP contribution is 2.58. The predicted molar refractivity (Wildman–Crippen MR) is 193 cm³/mol. The molecule has 0 bridgehead atoms. The topological polar surface area (TPSA) is 93.2 Å². The zero-order chi connectivity index (χ0) is 34.3. The molecule has 2 aromatic carbocycles. The first kappa shape index (κ1) is 34.0. The Labute approximate surface area is 295 Å². The first-order chi connectivity index (χ1) is 23.5. The number of fused-ring (bicyclic) bond motifs is 4. The number of pyridine rings is 1. The van der Waals surface area contributed by atoms with Crippen LogP contribution in [0.25, 0.3) is 0 Å². The molecule has 3 aromatic rings. The first-order valence-corrected chi connectivity index (χ1v) is 18.4. The minimum atomic E-state index is -1.07. The lowest BCUT2D eigenvalue weighted by Gasteiger charge is -2.47. The molecule has 7 rings (SSSR count). The van der Waals surface area contributed by atoms with Gasteiger partial charge in [0.1, 0.15) is 24.0 Å². The molecule has 1 aromatic heterocycles. The summed E-state index contributed by atoms with van der Waals surface area (Å²) in [5, 5.41) is 14.6. The van der Waals surface area contributed by atoms with Gasteiger partial charge < -0.3 is 29.5 Å². The number of halogens is 1. The number of nitrogens with one attached hydrogen (secondary N) is 1. The van der Waals surface area contributed by atoms with Crippen LogP contribution in [0.5, 0.6) is 17.2 Å². The van der Waals surface area contributed by atoms with E-state index in [9.17, 15) is 9.90 Å². The van der Waals surface area contributed by atoms with Crippen LogP contribution in [0.1, 0.15) is 87.1 Å². The fourth-order valence-electron chi connectivity index (χ4n) is 9.21. The van der Waals surface area contributed by atoms with Gasteiger partial charge in [0, 0.05) is 34.7 Å². The first-order valence-electron chi connectivity index (χ1n) is 18.0. The van der Waals surface area contributed by atoms with Gasteiger partial charge in [-0.05, 0) is 143 Å². The third-order valence-corrected chi connectivity index (χ3v) is 11.9. The third-order valence-electron chi connectivity index (χ3n) is 11.6. The summed E-state index contributed by atoms with van der Waals surface area (Å²) >= 11 is 6.29. The third kappa shape index (κ3) is 6.71. The predicted octanol–water partition coefficient (Wildman–Crippen LogP) is 7.90. The van der Waals surface area contributed by atoms with Crippen molar-refractivity contribution in [1.82, 2.24) is 9.88 Å². The Morgan fingerprint density at radius 3 is 2.73 bits per heavy atom. The van der Waals surface area contributed by atoms with Crippen molar-refractivity contribution >= 4 is 23.3 Å². The van der Waals surface area contributed by atoms with Gasteiger partial charge in [-0.25, -0.2) is 4.79 Å². The standard InChI is InChI=1S/C40H50ClN3O5/c1-25(23-47-34-11-16-42-33-10-5-7-26(2)37(33)34)17-28-18-27-19-35-36(49-31(24-48-35)22-44(3)4)21-32(27)39(28)12-14-40(15-13-39,38(45)46)43-30-9-6-8-29(41)20-30/h6,8-9,11,16,19-21,25-26,28,31,43H,5,7,10,12-15,17-18,22-24H2,1-4H3,(H,45,46)/t25-,26-,28?,31?,39?,40?/m1/s1. The lowest BCUT2D eigenvalue weighted by Crippen LogP contribution is -2.53. The van der Waals surface area contributed by atoms with Gasteiger partial charge in [0.25, 0.3) is 0 Å². The summed E-state index contributed by atoms with van der Waals surface area (Å²) in [6.07, 6.45) is 9.67. The minimum absolute atomic E-state index is 0.0413. The van der Waals surface area contributed by atoms with Crippen molar-refractivity contribution < 1.29 is 24.1 Å². The molecule has 1 aliphatic heterocycles. The number of aliphatic carboxylic acids is 1. The summed E-state index contributed by atoms with van der Waals surface area (Å²) in [6, 6.07) is 13.8. The van der Waals surface area contributed by atoms with E-state index in [0.717, 1.165) is 61.6 Å². The van der Waals surface area contributed by atoms with E-state index in [4.69, 9.17) is 25.8 Å². The summed E-state index contributed by atoms with van der Waals surface area (Å²) in [6.45, 7) is 6.52. The second-order valence-corrected chi connectivity index (χ2v) is 15.9. The summed E-state index contributed by atoms with van der Waals surface area (Å²) in [7, 11) is 4.09. The Hall–Kier alpha value is -3.49. The Kier molecular flexibility index (Phi) is 9.48. The number of benzene rings is 2. The SMILES string of the molecule is C[C@@H](COc1ccnc2c1[C@H](C)CCC2)CC1Cc2cc3c(cc2C12CCC(Nc1cccc(Cl)c1)(C(=O)O)CC2)OC(CN(C)C)CO3. The molecule has 1 fully saturated rings. The van der Waals surface area contributed by atoms with Crippen LogP contribution in [0.3, 0.4) is 0 Å². The van der Waals surface area contributed by atoms with Crippen molar-refractivity contribution in [2.75, 3.05) is 39.2 Å². The molecule has 3 aliphatic carbocycles. The number of rotatable bonds is 10. The average Bonchev–Trinajstić information content (AvgIpc) is 3.34. The number of aryl methyl sites for hydroxylation is 1. The lowest BCUT2D eigenvalue weighted by atomic mass is 9.59. The second-order valence-electron chi connectivity index (χ2n) is 15.5. The van der Waals surface area contributed by atoms with Crippen LogP contribution >= 0.6 is 11.6 Å². The molecule has 2 N–H and O–H groups in total. The number of hydrogen-bond donors (Lipinski definition) is 2. The highest BCUT2D eigenvalue weighted by Gasteiger charge is 2.54. The number of ether oxygens (including phenoxy) is 3. The van der Waals surface area contributed by atoms with Crippen molar-refractivity contribution in [3.63, 3.8) is 0 Å². The van der Waals surface area contributed by atoms with Crippen molar-refractivity contribution in [2.45, 2.75) is 94.6 Å². The van der Waals surface area contributed by atoms with E-state index in [1.165, 1.54) is 35.2 Å². The Morgan fingerprint density at radius 2 is 1.98 bits per heavy atom. The summed E-state index contributed by atoms with van der Waals surface area (Å²) in [5.74, 6) is 2.89. The molecule has 262 valence electrons. The number of anilines is 1. The molecule has 0 radical (unpaired) electrons. The maximum atomic E-state index is 13.0. The van der Waals surface area contributed by atoms with Gasteiger partial charge in [-0.15, -0.1) is 0 Å². The monoisotopic (exact) mass is 687 g/mol. The van der Waals surface area contributed by atoms with E-state index in [2.05, 4.69) is 41.2 Å². The highest BCUT2D eigenvalue weighted by atomic mass is 35.5. The van der Waals surface area contributed by atoms with Gasteiger partial charge in [0.05, 0.1) is 6.61 Å². The second kappa shape index (κ2) is 13.7. The Bertz CT molecular complexity index is 1690. The number of carbonyl (C=O) groups is 1. The van der Waals surface area contributed by atoms with Gasteiger partial charge in [0.2, 0.25) is 0 Å². The van der Waals surface area contributed by atoms with Crippen molar-refractivity contribution in [3.8, 4) is 17.2 Å². The zero-order valence-corrected chi connectivity index (χ0v) is 30.0. The van der Waals surface area contributed by atoms with Crippen molar-refractivity contribution in [1.29, 1.82) is 0 Å². The van der Waals surface area contributed by atoms with Crippen LogP contribution in [0.15, 0.2) is 48.7 Å². The molecule has 8 nitrogen and oxygen atoms in total. The van der Waals surface area contributed by atoms with E-state index in [1.807, 2.05) is 38.5 Å². The van der Waals surface area contributed by atoms with E-state index in [1.54, 1.807) is 12.1 Å². The van der Waals surface area contributed by atoms with Crippen LogP contribution < -0.4 is 19.5 Å². The Balaban J connectivity index is 1.15. The van der Waals surface area contributed by atoms with Gasteiger partial charge in [0.15, 0.2) is 11.5 Å². The van der Waals surface area contributed by atoms with Crippen molar-refractivity contribution in [2.24, 2.45) is 11.8 Å². The molecular formula is C40H50ClN3O5. The molecule has 4 aliphatic rings. The largest absolute Gasteiger partial charge is 0.493 e. The number of likely N-dealkylation sites (N-methyl/N-ethyl adjacent to an activating group) is 1. The van der Waals surface area contributed by atoms with Crippen molar-refractivity contribution in [3.05, 3.63) is 76.1 Å². The van der Waals surface area contributed by atoms with E-state index in [0.29, 0.717) is 48.8 Å². The van der Waals surface area contributed by atoms with Gasteiger partial charge >= 0.3 is 5.97 Å².